The molecule has 7 heteroatoms. The normalized spacial score (nSPS) is 14.4. The molecule has 0 radical (unpaired) electrons. The van der Waals surface area contributed by atoms with Gasteiger partial charge in [0.15, 0.2) is 0 Å². The van der Waals surface area contributed by atoms with Crippen molar-refractivity contribution in [1.82, 2.24) is 4.90 Å². The average Bonchev–Trinajstić information content (AvgIpc) is 2.72. The maximum absolute atomic E-state index is 12.4. The van der Waals surface area contributed by atoms with Gasteiger partial charge in [-0.1, -0.05) is 12.1 Å². The summed E-state index contributed by atoms with van der Waals surface area (Å²) in [6.07, 6.45) is 3.09. The number of amides is 1. The average molecular weight is 367 g/mol. The van der Waals surface area contributed by atoms with Crippen LogP contribution in [-0.2, 0) is 4.79 Å². The van der Waals surface area contributed by atoms with Crippen molar-refractivity contribution in [3.8, 4) is 5.75 Å². The van der Waals surface area contributed by atoms with Gasteiger partial charge in [-0.05, 0) is 35.9 Å². The molecule has 0 unspecified atom stereocenters. The van der Waals surface area contributed by atoms with Gasteiger partial charge in [-0.2, -0.15) is 0 Å². The maximum Gasteiger partial charge on any atom is 0.270 e. The van der Waals surface area contributed by atoms with Crippen LogP contribution < -0.4 is 9.64 Å². The highest BCUT2D eigenvalue weighted by molar-refractivity contribution is 5.92. The molecular weight excluding hydrogens is 346 g/mol. The first-order valence-electron chi connectivity index (χ1n) is 8.67. The van der Waals surface area contributed by atoms with Crippen LogP contribution in [0.1, 0.15) is 5.56 Å². The molecule has 0 N–H and O–H groups in total. The Morgan fingerprint density at radius 3 is 2.44 bits per heavy atom. The number of carbonyl (C=O) groups excluding carboxylic acids is 1. The van der Waals surface area contributed by atoms with Gasteiger partial charge < -0.3 is 14.5 Å². The first kappa shape index (κ1) is 18.4. The van der Waals surface area contributed by atoms with Gasteiger partial charge in [0.1, 0.15) is 5.75 Å². The second kappa shape index (κ2) is 8.35. The molecule has 1 fully saturated rings. The van der Waals surface area contributed by atoms with Gasteiger partial charge >= 0.3 is 0 Å². The van der Waals surface area contributed by atoms with Crippen molar-refractivity contribution < 1.29 is 14.5 Å². The Labute approximate surface area is 157 Å². The highest BCUT2D eigenvalue weighted by Crippen LogP contribution is 2.20. The van der Waals surface area contributed by atoms with Crippen LogP contribution in [-0.4, -0.2) is 49.0 Å². The molecule has 0 aromatic heterocycles. The summed E-state index contributed by atoms with van der Waals surface area (Å²) in [5.74, 6) is 0.731. The van der Waals surface area contributed by atoms with Gasteiger partial charge in [0.2, 0.25) is 5.91 Å². The van der Waals surface area contributed by atoms with Crippen molar-refractivity contribution in [2.45, 2.75) is 0 Å². The van der Waals surface area contributed by atoms with Crippen LogP contribution in [0, 0.1) is 10.1 Å². The van der Waals surface area contributed by atoms with E-state index >= 15 is 0 Å². The number of carbonyl (C=O) groups is 1. The van der Waals surface area contributed by atoms with Crippen LogP contribution in [0.4, 0.5) is 11.4 Å². The maximum atomic E-state index is 12.4. The fourth-order valence-corrected chi connectivity index (χ4v) is 2.99. The summed E-state index contributed by atoms with van der Waals surface area (Å²) in [6.45, 7) is 2.76. The smallest absolute Gasteiger partial charge is 0.270 e. The Balaban J connectivity index is 1.56. The molecule has 0 aliphatic carbocycles. The van der Waals surface area contributed by atoms with E-state index in [1.807, 2.05) is 24.3 Å². The molecule has 1 saturated heterocycles. The number of nitro groups is 1. The number of nitrogens with zero attached hydrogens (tertiary/aromatic N) is 3. The molecule has 0 atom stereocenters. The topological polar surface area (TPSA) is 75.9 Å². The molecule has 2 aromatic carbocycles. The molecule has 1 amide bonds. The second-order valence-electron chi connectivity index (χ2n) is 6.20. The fourth-order valence-electron chi connectivity index (χ4n) is 2.99. The molecule has 0 saturated carbocycles. The molecule has 0 spiro atoms. The number of ether oxygens (including phenoxy) is 1. The van der Waals surface area contributed by atoms with E-state index in [0.29, 0.717) is 18.7 Å². The van der Waals surface area contributed by atoms with Crippen LogP contribution in [0.25, 0.3) is 6.08 Å². The van der Waals surface area contributed by atoms with Gasteiger partial charge in [0.25, 0.3) is 5.69 Å². The van der Waals surface area contributed by atoms with Crippen molar-refractivity contribution >= 4 is 23.4 Å². The SMILES string of the molecule is COc1ccc(N2CCN(C(=O)/C=C/c3cccc([N+](=O)[O-])c3)CC2)cc1. The van der Waals surface area contributed by atoms with Crippen LogP contribution in [0.3, 0.4) is 0 Å². The predicted molar refractivity (Wildman–Crippen MR) is 104 cm³/mol. The largest absolute Gasteiger partial charge is 0.497 e. The Morgan fingerprint density at radius 1 is 1.11 bits per heavy atom. The number of piperazine rings is 1. The Kier molecular flexibility index (Phi) is 5.71. The second-order valence-corrected chi connectivity index (χ2v) is 6.20. The minimum Gasteiger partial charge on any atom is -0.497 e. The lowest BCUT2D eigenvalue weighted by molar-refractivity contribution is -0.384. The Hall–Kier alpha value is -3.35. The number of benzene rings is 2. The lowest BCUT2D eigenvalue weighted by atomic mass is 10.2. The fraction of sp³-hybridized carbons (Fsp3) is 0.250. The highest BCUT2D eigenvalue weighted by atomic mass is 16.6. The monoisotopic (exact) mass is 367 g/mol. The van der Waals surface area contributed by atoms with Gasteiger partial charge in [-0.3, -0.25) is 14.9 Å². The molecule has 2 aromatic rings. The van der Waals surface area contributed by atoms with Crippen molar-refractivity contribution in [2.75, 3.05) is 38.2 Å². The number of anilines is 1. The molecule has 140 valence electrons. The molecule has 0 bridgehead atoms. The number of non-ortho nitro benzene ring substituents is 1. The first-order chi connectivity index (χ1) is 13.1. The lowest BCUT2D eigenvalue weighted by Gasteiger charge is -2.35. The summed E-state index contributed by atoms with van der Waals surface area (Å²) >= 11 is 0. The summed E-state index contributed by atoms with van der Waals surface area (Å²) in [5.41, 5.74) is 1.75. The minimum absolute atomic E-state index is 0.0118. The van der Waals surface area contributed by atoms with Crippen LogP contribution in [0.15, 0.2) is 54.6 Å². The predicted octanol–water partition coefficient (Wildman–Crippen LogP) is 2.97. The zero-order valence-electron chi connectivity index (χ0n) is 15.1. The molecule has 7 nitrogen and oxygen atoms in total. The van der Waals surface area contributed by atoms with E-state index in [0.717, 1.165) is 24.5 Å². The summed E-state index contributed by atoms with van der Waals surface area (Å²) in [5, 5.41) is 10.8. The zero-order valence-corrected chi connectivity index (χ0v) is 15.1. The molecule has 1 aliphatic heterocycles. The summed E-state index contributed by atoms with van der Waals surface area (Å²) in [6, 6.07) is 14.1. The highest BCUT2D eigenvalue weighted by Gasteiger charge is 2.19. The van der Waals surface area contributed by atoms with E-state index < -0.39 is 4.92 Å². The lowest BCUT2D eigenvalue weighted by Crippen LogP contribution is -2.48. The van der Waals surface area contributed by atoms with E-state index in [9.17, 15) is 14.9 Å². The van der Waals surface area contributed by atoms with Crippen molar-refractivity contribution in [3.05, 3.63) is 70.3 Å². The van der Waals surface area contributed by atoms with Gasteiger partial charge in [-0.25, -0.2) is 0 Å². The van der Waals surface area contributed by atoms with E-state index in [4.69, 9.17) is 4.74 Å². The van der Waals surface area contributed by atoms with Gasteiger partial charge in [-0.15, -0.1) is 0 Å². The van der Waals surface area contributed by atoms with Crippen LogP contribution in [0.5, 0.6) is 5.75 Å². The number of rotatable bonds is 5. The number of nitro benzene ring substituents is 1. The number of methoxy groups -OCH3 is 1. The van der Waals surface area contributed by atoms with Gasteiger partial charge in [0, 0.05) is 50.1 Å². The van der Waals surface area contributed by atoms with Crippen LogP contribution in [0.2, 0.25) is 0 Å². The first-order valence-corrected chi connectivity index (χ1v) is 8.67. The van der Waals surface area contributed by atoms with Crippen molar-refractivity contribution in [1.29, 1.82) is 0 Å². The molecular formula is C20H21N3O4. The quantitative estimate of drug-likeness (QED) is 0.461. The summed E-state index contributed by atoms with van der Waals surface area (Å²) in [7, 11) is 1.64. The van der Waals surface area contributed by atoms with Crippen LogP contribution >= 0.6 is 0 Å². The number of hydrogen-bond acceptors (Lipinski definition) is 5. The Morgan fingerprint density at radius 2 is 1.81 bits per heavy atom. The minimum atomic E-state index is -0.447. The molecule has 1 aliphatic rings. The number of hydrogen-bond donors (Lipinski definition) is 0. The van der Waals surface area contributed by atoms with E-state index in [1.54, 1.807) is 30.2 Å². The van der Waals surface area contributed by atoms with E-state index in [1.165, 1.54) is 18.2 Å². The molecule has 3 rings (SSSR count). The van der Waals surface area contributed by atoms with E-state index in [-0.39, 0.29) is 11.6 Å². The third-order valence-electron chi connectivity index (χ3n) is 4.53. The molecule has 27 heavy (non-hydrogen) atoms. The van der Waals surface area contributed by atoms with Gasteiger partial charge in [0.05, 0.1) is 12.0 Å². The van der Waals surface area contributed by atoms with Crippen molar-refractivity contribution in [2.24, 2.45) is 0 Å². The van der Waals surface area contributed by atoms with E-state index in [2.05, 4.69) is 4.90 Å². The summed E-state index contributed by atoms with van der Waals surface area (Å²) in [4.78, 5) is 26.8. The third-order valence-corrected chi connectivity index (χ3v) is 4.53. The standard InChI is InChI=1S/C20H21N3O4/c1-27-19-8-6-17(7-9-19)21-11-13-22(14-12-21)20(24)10-5-16-3-2-4-18(15-16)23(25)26/h2-10,15H,11-14H2,1H3/b10-5+. The summed E-state index contributed by atoms with van der Waals surface area (Å²) < 4.78 is 5.17. The van der Waals surface area contributed by atoms with Crippen molar-refractivity contribution in [3.63, 3.8) is 0 Å². The third kappa shape index (κ3) is 4.63. The Bertz CT molecular complexity index is 841. The zero-order chi connectivity index (χ0) is 19.2. The molecule has 1 heterocycles.